The second-order valence-electron chi connectivity index (χ2n) is 2.43. The summed E-state index contributed by atoms with van der Waals surface area (Å²) in [6, 6.07) is 0.387. The van der Waals surface area contributed by atoms with Crippen molar-refractivity contribution >= 4 is 23.6 Å². The highest BCUT2D eigenvalue weighted by Gasteiger charge is 2.01. The van der Waals surface area contributed by atoms with Gasteiger partial charge >= 0.3 is 0 Å². The molecule has 56 valence electrons. The predicted molar refractivity (Wildman–Crippen MR) is 46.1 cm³/mol. The predicted octanol–water partition coefficient (Wildman–Crippen LogP) is 2.56. The zero-order chi connectivity index (χ0) is 7.72. The van der Waals surface area contributed by atoms with Crippen LogP contribution >= 0.6 is 23.6 Å². The fraction of sp³-hybridized carbons (Fsp3) is 0.667. The Hall–Kier alpha value is -0.220. The minimum Gasteiger partial charge on any atom is -0.242 e. The van der Waals surface area contributed by atoms with Gasteiger partial charge < -0.3 is 0 Å². The maximum atomic E-state index is 5.07. The highest BCUT2D eigenvalue weighted by atomic mass is 32.1. The lowest BCUT2D eigenvalue weighted by molar-refractivity contribution is 0.524. The summed E-state index contributed by atoms with van der Waals surface area (Å²) in [5, 5.41) is 5.28. The molecule has 1 aromatic rings. The molecule has 0 aromatic carbocycles. The van der Waals surface area contributed by atoms with E-state index in [1.54, 1.807) is 11.3 Å². The van der Waals surface area contributed by atoms with Gasteiger partial charge in [-0.15, -0.1) is 0 Å². The van der Waals surface area contributed by atoms with Crippen molar-refractivity contribution in [2.24, 2.45) is 0 Å². The number of hydrogen-bond donors (Lipinski definition) is 0. The molecule has 0 atom stereocenters. The lowest BCUT2D eigenvalue weighted by Crippen LogP contribution is -2.02. The first-order valence-corrected chi connectivity index (χ1v) is 4.40. The van der Waals surface area contributed by atoms with E-state index in [-0.39, 0.29) is 0 Å². The molecule has 0 aliphatic carbocycles. The minimum atomic E-state index is 0.387. The quantitative estimate of drug-likeness (QED) is 0.609. The third kappa shape index (κ3) is 1.44. The molecule has 0 unspecified atom stereocenters. The highest BCUT2D eigenvalue weighted by Crippen LogP contribution is 2.11. The lowest BCUT2D eigenvalue weighted by atomic mass is 10.4. The summed E-state index contributed by atoms with van der Waals surface area (Å²) in [5.41, 5.74) is 0. The summed E-state index contributed by atoms with van der Waals surface area (Å²) < 4.78 is 2.74. The van der Waals surface area contributed by atoms with Gasteiger partial charge in [0.25, 0.3) is 0 Å². The van der Waals surface area contributed by atoms with Gasteiger partial charge in [-0.2, -0.15) is 5.10 Å². The summed E-state index contributed by atoms with van der Waals surface area (Å²) >= 11 is 6.63. The summed E-state index contributed by atoms with van der Waals surface area (Å²) in [6.07, 6.45) is 0. The van der Waals surface area contributed by atoms with Crippen molar-refractivity contribution in [1.29, 1.82) is 0 Å². The third-order valence-corrected chi connectivity index (χ3v) is 2.34. The molecule has 4 heteroatoms. The van der Waals surface area contributed by atoms with Gasteiger partial charge in [0.1, 0.15) is 5.01 Å². The summed E-state index contributed by atoms with van der Waals surface area (Å²) in [6.45, 7) is 6.13. The summed E-state index contributed by atoms with van der Waals surface area (Å²) in [7, 11) is 0. The molecule has 10 heavy (non-hydrogen) atoms. The maximum absolute atomic E-state index is 5.07. The number of hydrogen-bond acceptors (Lipinski definition) is 3. The monoisotopic (exact) mass is 174 g/mol. The summed E-state index contributed by atoms with van der Waals surface area (Å²) in [4.78, 5) is 0. The van der Waals surface area contributed by atoms with Crippen LogP contribution in [0.4, 0.5) is 0 Å². The van der Waals surface area contributed by atoms with Crippen molar-refractivity contribution in [2.75, 3.05) is 0 Å². The molecule has 0 amide bonds. The SMILES string of the molecule is Cc1nn(C(C)C)c(=S)s1. The number of nitrogens with zero attached hydrogens (tertiary/aromatic N) is 2. The smallest absolute Gasteiger partial charge is 0.179 e. The van der Waals surface area contributed by atoms with Gasteiger partial charge in [-0.25, -0.2) is 4.68 Å². The maximum Gasteiger partial charge on any atom is 0.179 e. The Morgan fingerprint density at radius 3 is 2.40 bits per heavy atom. The first-order valence-electron chi connectivity index (χ1n) is 3.17. The number of rotatable bonds is 1. The van der Waals surface area contributed by atoms with Crippen molar-refractivity contribution in [3.05, 3.63) is 8.96 Å². The van der Waals surface area contributed by atoms with Crippen LogP contribution in [0.1, 0.15) is 24.9 Å². The Morgan fingerprint density at radius 2 is 2.20 bits per heavy atom. The van der Waals surface area contributed by atoms with Crippen LogP contribution in [0.15, 0.2) is 0 Å². The van der Waals surface area contributed by atoms with Gasteiger partial charge in [0.15, 0.2) is 3.95 Å². The number of aryl methyl sites for hydroxylation is 1. The fourth-order valence-corrected chi connectivity index (χ4v) is 2.05. The highest BCUT2D eigenvalue weighted by molar-refractivity contribution is 7.73. The average molecular weight is 174 g/mol. The van der Waals surface area contributed by atoms with Crippen molar-refractivity contribution in [3.63, 3.8) is 0 Å². The van der Waals surface area contributed by atoms with Gasteiger partial charge in [-0.1, -0.05) is 11.3 Å². The lowest BCUT2D eigenvalue weighted by Gasteiger charge is -2.01. The van der Waals surface area contributed by atoms with Crippen LogP contribution in [-0.4, -0.2) is 9.78 Å². The van der Waals surface area contributed by atoms with Gasteiger partial charge in [0.2, 0.25) is 0 Å². The molecule has 1 rings (SSSR count). The zero-order valence-corrected chi connectivity index (χ0v) is 7.92. The van der Waals surface area contributed by atoms with Crippen molar-refractivity contribution in [1.82, 2.24) is 9.78 Å². The Morgan fingerprint density at radius 1 is 1.60 bits per heavy atom. The van der Waals surface area contributed by atoms with Crippen LogP contribution in [0.2, 0.25) is 0 Å². The van der Waals surface area contributed by atoms with Crippen LogP contribution in [-0.2, 0) is 0 Å². The molecule has 0 bridgehead atoms. The second kappa shape index (κ2) is 2.80. The van der Waals surface area contributed by atoms with Gasteiger partial charge in [-0.05, 0) is 33.0 Å². The van der Waals surface area contributed by atoms with Crippen LogP contribution in [0.3, 0.4) is 0 Å². The Labute approximate surface area is 69.5 Å². The van der Waals surface area contributed by atoms with E-state index in [9.17, 15) is 0 Å². The first-order chi connectivity index (χ1) is 4.61. The molecule has 1 aromatic heterocycles. The Bertz CT molecular complexity index is 272. The second-order valence-corrected chi connectivity index (χ2v) is 4.25. The molecule has 0 aliphatic rings. The first kappa shape index (κ1) is 7.88. The van der Waals surface area contributed by atoms with E-state index in [1.165, 1.54) is 0 Å². The minimum absolute atomic E-state index is 0.387. The Balaban J connectivity index is 3.16. The van der Waals surface area contributed by atoms with E-state index in [2.05, 4.69) is 18.9 Å². The van der Waals surface area contributed by atoms with Crippen LogP contribution in [0.25, 0.3) is 0 Å². The third-order valence-electron chi connectivity index (χ3n) is 1.16. The molecule has 2 nitrogen and oxygen atoms in total. The standard InChI is InChI=1S/C6H10N2S2/c1-4(2)8-6(9)10-5(3)7-8/h4H,1-3H3. The van der Waals surface area contributed by atoms with E-state index in [0.717, 1.165) is 8.96 Å². The molecule has 0 saturated heterocycles. The normalized spacial score (nSPS) is 10.8. The number of aromatic nitrogens is 2. The van der Waals surface area contributed by atoms with E-state index in [1.807, 2.05) is 11.6 Å². The van der Waals surface area contributed by atoms with Gasteiger partial charge in [-0.3, -0.25) is 0 Å². The molecule has 1 heterocycles. The molecule has 0 radical (unpaired) electrons. The zero-order valence-electron chi connectivity index (χ0n) is 6.29. The van der Waals surface area contributed by atoms with E-state index in [4.69, 9.17) is 12.2 Å². The molecule has 0 aliphatic heterocycles. The average Bonchev–Trinajstić information content (AvgIpc) is 2.10. The van der Waals surface area contributed by atoms with Crippen LogP contribution in [0.5, 0.6) is 0 Å². The molecule has 0 fully saturated rings. The van der Waals surface area contributed by atoms with Crippen LogP contribution < -0.4 is 0 Å². The van der Waals surface area contributed by atoms with Crippen molar-refractivity contribution in [3.8, 4) is 0 Å². The molecular weight excluding hydrogens is 164 g/mol. The van der Waals surface area contributed by atoms with E-state index in [0.29, 0.717) is 6.04 Å². The van der Waals surface area contributed by atoms with Crippen molar-refractivity contribution < 1.29 is 0 Å². The molecule has 0 saturated carbocycles. The summed E-state index contributed by atoms with van der Waals surface area (Å²) in [5.74, 6) is 0. The molecule has 0 spiro atoms. The van der Waals surface area contributed by atoms with Crippen molar-refractivity contribution in [2.45, 2.75) is 26.8 Å². The fourth-order valence-electron chi connectivity index (χ4n) is 0.712. The largest absolute Gasteiger partial charge is 0.242 e. The molecule has 0 N–H and O–H groups in total. The van der Waals surface area contributed by atoms with Crippen LogP contribution in [0, 0.1) is 10.9 Å². The topological polar surface area (TPSA) is 17.8 Å². The van der Waals surface area contributed by atoms with E-state index < -0.39 is 0 Å². The van der Waals surface area contributed by atoms with E-state index >= 15 is 0 Å². The molecular formula is C6H10N2S2. The van der Waals surface area contributed by atoms with Gasteiger partial charge in [0, 0.05) is 6.04 Å². The Kier molecular flexibility index (Phi) is 2.21. The van der Waals surface area contributed by atoms with Gasteiger partial charge in [0.05, 0.1) is 0 Å².